The normalized spacial score (nSPS) is 15.8. The van der Waals surface area contributed by atoms with Crippen LogP contribution in [0.1, 0.15) is 72.6 Å². The molecule has 0 saturated heterocycles. The van der Waals surface area contributed by atoms with Crippen molar-refractivity contribution in [3.63, 3.8) is 0 Å². The minimum Gasteiger partial charge on any atom is -0.494 e. The van der Waals surface area contributed by atoms with Crippen LogP contribution < -0.4 is 19.9 Å². The minimum atomic E-state index is -4.29. The SMILES string of the molecule is CCOc1ccc(NC2C=CC(C(c3ccc(N(CC)Cc4cccc(C)c4)cc3C)c3ccc(N(CC)Cc4cccc(S(=O)(=O)O)c4)cc3C)=CC2C)cc1. The van der Waals surface area contributed by atoms with Crippen LogP contribution in [-0.4, -0.2) is 38.7 Å². The van der Waals surface area contributed by atoms with Gasteiger partial charge in [0.1, 0.15) is 5.75 Å². The van der Waals surface area contributed by atoms with Crippen molar-refractivity contribution in [2.75, 3.05) is 34.8 Å². The molecule has 2 N–H and O–H groups in total. The summed E-state index contributed by atoms with van der Waals surface area (Å²) in [6, 6.07) is 37.2. The molecule has 0 spiro atoms. The lowest BCUT2D eigenvalue weighted by atomic mass is 9.77. The van der Waals surface area contributed by atoms with Crippen molar-refractivity contribution in [1.82, 2.24) is 0 Å². The van der Waals surface area contributed by atoms with Gasteiger partial charge in [0.05, 0.1) is 17.5 Å². The summed E-state index contributed by atoms with van der Waals surface area (Å²) in [5, 5.41) is 3.72. The fourth-order valence-electron chi connectivity index (χ4n) is 7.95. The molecular formula is C49H57N3O4S. The van der Waals surface area contributed by atoms with Crippen LogP contribution in [0.5, 0.6) is 5.75 Å². The molecule has 298 valence electrons. The lowest BCUT2D eigenvalue weighted by Crippen LogP contribution is -2.27. The van der Waals surface area contributed by atoms with Gasteiger partial charge in [-0.15, -0.1) is 0 Å². The Kier molecular flexibility index (Phi) is 13.3. The molecule has 5 aromatic carbocycles. The van der Waals surface area contributed by atoms with E-state index in [-0.39, 0.29) is 22.8 Å². The second kappa shape index (κ2) is 18.3. The monoisotopic (exact) mass is 783 g/mol. The number of ether oxygens (including phenoxy) is 1. The third kappa shape index (κ3) is 10.2. The number of aryl methyl sites for hydroxylation is 3. The van der Waals surface area contributed by atoms with Gasteiger partial charge >= 0.3 is 0 Å². The average molecular weight is 784 g/mol. The molecule has 5 aromatic rings. The van der Waals surface area contributed by atoms with Crippen molar-refractivity contribution in [3.8, 4) is 5.75 Å². The van der Waals surface area contributed by atoms with E-state index in [0.717, 1.165) is 42.3 Å². The Labute approximate surface area is 340 Å². The van der Waals surface area contributed by atoms with Crippen molar-refractivity contribution >= 4 is 27.2 Å². The lowest BCUT2D eigenvalue weighted by Gasteiger charge is -2.31. The van der Waals surface area contributed by atoms with E-state index in [4.69, 9.17) is 4.74 Å². The summed E-state index contributed by atoms with van der Waals surface area (Å²) in [4.78, 5) is 4.57. The van der Waals surface area contributed by atoms with E-state index in [1.54, 1.807) is 12.1 Å². The zero-order valence-electron chi connectivity index (χ0n) is 34.4. The maximum atomic E-state index is 11.9. The molecular weight excluding hydrogens is 727 g/mol. The number of hydrogen-bond acceptors (Lipinski definition) is 6. The fraction of sp³-hybridized carbons (Fsp3) is 0.306. The van der Waals surface area contributed by atoms with Crippen LogP contribution in [0.25, 0.3) is 0 Å². The van der Waals surface area contributed by atoms with Gasteiger partial charge in [0.25, 0.3) is 10.1 Å². The zero-order chi connectivity index (χ0) is 40.7. The van der Waals surface area contributed by atoms with Crippen LogP contribution in [0.2, 0.25) is 0 Å². The second-order valence-corrected chi connectivity index (χ2v) is 16.6. The Hall–Kier alpha value is -5.31. The molecule has 0 aromatic heterocycles. The highest BCUT2D eigenvalue weighted by Crippen LogP contribution is 2.41. The highest BCUT2D eigenvalue weighted by atomic mass is 32.2. The molecule has 1 aliphatic rings. The molecule has 0 saturated carbocycles. The second-order valence-electron chi connectivity index (χ2n) is 15.2. The predicted molar refractivity (Wildman–Crippen MR) is 236 cm³/mol. The van der Waals surface area contributed by atoms with E-state index in [1.807, 2.05) is 25.1 Å². The van der Waals surface area contributed by atoms with Crippen molar-refractivity contribution < 1.29 is 17.7 Å². The number of rotatable bonds is 16. The summed E-state index contributed by atoms with van der Waals surface area (Å²) in [6.45, 7) is 18.8. The molecule has 0 amide bonds. The Morgan fingerprint density at radius 3 is 1.82 bits per heavy atom. The molecule has 6 rings (SSSR count). The standard InChI is InChI=1S/C49H57N3O4S/c1-8-51(32-38-14-11-13-34(4)27-38)42-20-24-46(35(5)29-42)49(40-17-26-48(37(7)28-40)50-41-18-22-44(23-19-41)56-10-3)47-25-21-43(30-36(47)6)52(9-2)33-39-15-12-16-45(31-39)57(53,54)55/h11-31,37,48-50H,8-10,32-33H2,1-7H3,(H,53,54,55). The number of allylic oxidation sites excluding steroid dienone is 2. The number of hydrogen-bond donors (Lipinski definition) is 2. The van der Waals surface area contributed by atoms with Crippen molar-refractivity contribution in [2.24, 2.45) is 5.92 Å². The highest BCUT2D eigenvalue weighted by molar-refractivity contribution is 7.85. The average Bonchev–Trinajstić information content (AvgIpc) is 3.19. The third-order valence-corrected chi connectivity index (χ3v) is 11.8. The van der Waals surface area contributed by atoms with Gasteiger partial charge in [0, 0.05) is 49.2 Å². The summed E-state index contributed by atoms with van der Waals surface area (Å²) in [5.41, 5.74) is 12.9. The molecule has 57 heavy (non-hydrogen) atoms. The first kappa shape index (κ1) is 41.3. The van der Waals surface area contributed by atoms with Crippen LogP contribution in [0.15, 0.2) is 138 Å². The first-order valence-electron chi connectivity index (χ1n) is 20.1. The van der Waals surface area contributed by atoms with Gasteiger partial charge < -0.3 is 19.9 Å². The van der Waals surface area contributed by atoms with E-state index in [9.17, 15) is 13.0 Å². The Balaban J connectivity index is 1.33. The summed E-state index contributed by atoms with van der Waals surface area (Å²) in [7, 11) is -4.29. The quantitative estimate of drug-likeness (QED) is 0.0965. The van der Waals surface area contributed by atoms with Crippen LogP contribution in [0.4, 0.5) is 17.1 Å². The number of nitrogens with one attached hydrogen (secondary N) is 1. The van der Waals surface area contributed by atoms with E-state index < -0.39 is 10.1 Å². The third-order valence-electron chi connectivity index (χ3n) is 11.0. The van der Waals surface area contributed by atoms with Crippen LogP contribution in [0, 0.1) is 26.7 Å². The number of anilines is 3. The largest absolute Gasteiger partial charge is 0.494 e. The van der Waals surface area contributed by atoms with Gasteiger partial charge in [-0.2, -0.15) is 8.42 Å². The van der Waals surface area contributed by atoms with Crippen LogP contribution in [0.3, 0.4) is 0 Å². The topological polar surface area (TPSA) is 82.1 Å². The molecule has 7 nitrogen and oxygen atoms in total. The fourth-order valence-corrected chi connectivity index (χ4v) is 8.50. The van der Waals surface area contributed by atoms with Crippen LogP contribution >= 0.6 is 0 Å². The van der Waals surface area contributed by atoms with Gasteiger partial charge in [-0.3, -0.25) is 4.55 Å². The molecule has 0 fully saturated rings. The number of benzene rings is 5. The van der Waals surface area contributed by atoms with Gasteiger partial charge in [0.2, 0.25) is 0 Å². The number of nitrogens with zero attached hydrogens (tertiary/aromatic N) is 2. The van der Waals surface area contributed by atoms with Gasteiger partial charge in [-0.05, 0) is 147 Å². The first-order valence-corrected chi connectivity index (χ1v) is 21.5. The van der Waals surface area contributed by atoms with Gasteiger partial charge in [-0.1, -0.05) is 79.2 Å². The molecule has 8 heteroatoms. The van der Waals surface area contributed by atoms with E-state index in [1.165, 1.54) is 50.7 Å². The predicted octanol–water partition coefficient (Wildman–Crippen LogP) is 11.1. The molecule has 1 aliphatic carbocycles. The molecule has 3 unspecified atom stereocenters. The summed E-state index contributed by atoms with van der Waals surface area (Å²) in [5.74, 6) is 1.11. The lowest BCUT2D eigenvalue weighted by molar-refractivity contribution is 0.340. The van der Waals surface area contributed by atoms with Gasteiger partial charge in [0.15, 0.2) is 0 Å². The maximum absolute atomic E-state index is 11.9. The van der Waals surface area contributed by atoms with Crippen molar-refractivity contribution in [2.45, 2.75) is 78.4 Å². The molecule has 0 bridgehead atoms. The van der Waals surface area contributed by atoms with E-state index in [2.05, 4.69) is 148 Å². The summed E-state index contributed by atoms with van der Waals surface area (Å²) < 4.78 is 39.0. The summed E-state index contributed by atoms with van der Waals surface area (Å²) >= 11 is 0. The van der Waals surface area contributed by atoms with Crippen molar-refractivity contribution in [1.29, 1.82) is 0 Å². The van der Waals surface area contributed by atoms with Crippen molar-refractivity contribution in [3.05, 3.63) is 172 Å². The van der Waals surface area contributed by atoms with Gasteiger partial charge in [-0.25, -0.2) is 0 Å². The summed E-state index contributed by atoms with van der Waals surface area (Å²) in [6.07, 6.45) is 7.03. The highest BCUT2D eigenvalue weighted by Gasteiger charge is 2.27. The maximum Gasteiger partial charge on any atom is 0.294 e. The molecule has 3 atom stereocenters. The minimum absolute atomic E-state index is 0.00611. The zero-order valence-corrected chi connectivity index (χ0v) is 35.2. The van der Waals surface area contributed by atoms with E-state index >= 15 is 0 Å². The smallest absolute Gasteiger partial charge is 0.294 e. The Morgan fingerprint density at radius 2 is 1.32 bits per heavy atom. The van der Waals surface area contributed by atoms with E-state index in [0.29, 0.717) is 13.2 Å². The molecule has 0 radical (unpaired) electrons. The van der Waals surface area contributed by atoms with Crippen LogP contribution in [-0.2, 0) is 23.2 Å². The molecule has 0 aliphatic heterocycles. The Bertz CT molecular complexity index is 2330. The molecule has 0 heterocycles. The first-order chi connectivity index (χ1) is 27.4. The Morgan fingerprint density at radius 1 is 0.737 bits per heavy atom.